The van der Waals surface area contributed by atoms with Crippen LogP contribution in [0.4, 0.5) is 5.69 Å². The van der Waals surface area contributed by atoms with E-state index in [1.807, 2.05) is 30.3 Å². The van der Waals surface area contributed by atoms with Crippen LogP contribution in [0.5, 0.6) is 0 Å². The molecule has 0 radical (unpaired) electrons. The summed E-state index contributed by atoms with van der Waals surface area (Å²) in [5, 5.41) is 0. The van der Waals surface area contributed by atoms with E-state index >= 15 is 0 Å². The van der Waals surface area contributed by atoms with Gasteiger partial charge in [-0.15, -0.1) is 0 Å². The van der Waals surface area contributed by atoms with Crippen LogP contribution in [0, 0.1) is 0 Å². The maximum Gasteiger partial charge on any atom is 0.111 e. The van der Waals surface area contributed by atoms with Crippen LogP contribution in [0.1, 0.15) is 0 Å². The molecular formula is C10H9N3Pt. The van der Waals surface area contributed by atoms with Crippen LogP contribution < -0.4 is 5.73 Å². The van der Waals surface area contributed by atoms with E-state index in [4.69, 9.17) is 5.73 Å². The summed E-state index contributed by atoms with van der Waals surface area (Å²) in [7, 11) is 0. The average Bonchev–Trinajstić information content (AvgIpc) is 2.20. The van der Waals surface area contributed by atoms with Crippen molar-refractivity contribution in [2.75, 3.05) is 5.73 Å². The predicted molar refractivity (Wildman–Crippen MR) is 51.9 cm³/mol. The van der Waals surface area contributed by atoms with Gasteiger partial charge in [0, 0.05) is 33.5 Å². The zero-order valence-electron chi connectivity index (χ0n) is 7.33. The molecule has 0 aromatic carbocycles. The number of anilines is 1. The van der Waals surface area contributed by atoms with E-state index < -0.39 is 0 Å². The van der Waals surface area contributed by atoms with Crippen molar-refractivity contribution < 1.29 is 21.1 Å². The second-order valence-corrected chi connectivity index (χ2v) is 2.66. The van der Waals surface area contributed by atoms with Gasteiger partial charge in [-0.1, -0.05) is 6.07 Å². The third-order valence-electron chi connectivity index (χ3n) is 1.75. The van der Waals surface area contributed by atoms with Crippen molar-refractivity contribution in [3.8, 4) is 11.4 Å². The molecule has 0 spiro atoms. The van der Waals surface area contributed by atoms with E-state index in [0.29, 0.717) is 5.69 Å². The fourth-order valence-corrected chi connectivity index (χ4v) is 1.13. The molecule has 2 N–H and O–H groups in total. The second-order valence-electron chi connectivity index (χ2n) is 2.66. The molecule has 2 aromatic heterocycles. The first kappa shape index (κ1) is 10.9. The van der Waals surface area contributed by atoms with E-state index in [0.717, 1.165) is 11.4 Å². The van der Waals surface area contributed by atoms with E-state index in [-0.39, 0.29) is 21.1 Å². The van der Waals surface area contributed by atoms with Crippen molar-refractivity contribution in [3.05, 3.63) is 42.7 Å². The quantitative estimate of drug-likeness (QED) is 0.836. The summed E-state index contributed by atoms with van der Waals surface area (Å²) in [4.78, 5) is 8.33. The zero-order valence-corrected chi connectivity index (χ0v) is 9.60. The van der Waals surface area contributed by atoms with Crippen LogP contribution in [-0.4, -0.2) is 9.97 Å². The third kappa shape index (κ3) is 2.18. The summed E-state index contributed by atoms with van der Waals surface area (Å²) >= 11 is 0. The molecule has 0 amide bonds. The molecule has 3 nitrogen and oxygen atoms in total. The first-order valence-electron chi connectivity index (χ1n) is 4.00. The maximum absolute atomic E-state index is 5.75. The molecule has 0 aliphatic rings. The minimum absolute atomic E-state index is 0. The Hall–Kier alpha value is -1.21. The van der Waals surface area contributed by atoms with Gasteiger partial charge in [-0.3, -0.25) is 9.97 Å². The van der Waals surface area contributed by atoms with Crippen molar-refractivity contribution >= 4 is 5.69 Å². The first-order chi connectivity index (χ1) is 6.38. The maximum atomic E-state index is 5.75. The van der Waals surface area contributed by atoms with Gasteiger partial charge in [0.05, 0.1) is 11.4 Å². The van der Waals surface area contributed by atoms with Gasteiger partial charge in [0.25, 0.3) is 0 Å². The Morgan fingerprint density at radius 2 is 1.71 bits per heavy atom. The first-order valence-corrected chi connectivity index (χ1v) is 4.00. The summed E-state index contributed by atoms with van der Waals surface area (Å²) in [6.07, 6.45) is 3.43. The molecule has 2 aromatic rings. The minimum Gasteiger partial charge on any atom is -0.397 e. The Morgan fingerprint density at radius 1 is 0.929 bits per heavy atom. The second kappa shape index (κ2) is 4.87. The molecule has 0 saturated heterocycles. The third-order valence-corrected chi connectivity index (χ3v) is 1.75. The average molecular weight is 366 g/mol. The molecule has 14 heavy (non-hydrogen) atoms. The number of nitrogens with zero attached hydrogens (tertiary/aromatic N) is 2. The fraction of sp³-hybridized carbons (Fsp3) is 0. The molecule has 0 saturated carbocycles. The number of hydrogen-bond acceptors (Lipinski definition) is 3. The summed E-state index contributed by atoms with van der Waals surface area (Å²) in [6.45, 7) is 0. The molecule has 0 fully saturated rings. The van der Waals surface area contributed by atoms with Crippen molar-refractivity contribution in [2.24, 2.45) is 0 Å². The van der Waals surface area contributed by atoms with Crippen molar-refractivity contribution in [2.45, 2.75) is 0 Å². The number of pyridine rings is 2. The number of nitrogen functional groups attached to an aromatic ring is 1. The van der Waals surface area contributed by atoms with E-state index in [2.05, 4.69) is 9.97 Å². The zero-order chi connectivity index (χ0) is 9.10. The van der Waals surface area contributed by atoms with Gasteiger partial charge in [-0.25, -0.2) is 0 Å². The van der Waals surface area contributed by atoms with Crippen molar-refractivity contribution in [1.29, 1.82) is 0 Å². The Kier molecular flexibility index (Phi) is 3.78. The summed E-state index contributed by atoms with van der Waals surface area (Å²) in [5.74, 6) is 0. The van der Waals surface area contributed by atoms with Crippen LogP contribution in [-0.2, 0) is 21.1 Å². The van der Waals surface area contributed by atoms with Gasteiger partial charge in [-0.05, 0) is 24.3 Å². The SMILES string of the molecule is Nc1cccnc1-c1ccccn1.[Pt]. The molecule has 0 atom stereocenters. The Bertz CT molecular complexity index is 403. The smallest absolute Gasteiger partial charge is 0.111 e. The van der Waals surface area contributed by atoms with Gasteiger partial charge < -0.3 is 5.73 Å². The Morgan fingerprint density at radius 3 is 2.36 bits per heavy atom. The topological polar surface area (TPSA) is 51.8 Å². The molecule has 2 rings (SSSR count). The Labute approximate surface area is 96.7 Å². The largest absolute Gasteiger partial charge is 0.397 e. The standard InChI is InChI=1S/C10H9N3.Pt/c11-8-4-3-7-13-10(8)9-5-1-2-6-12-9;/h1-7H,11H2;. The van der Waals surface area contributed by atoms with Gasteiger partial charge in [0.2, 0.25) is 0 Å². The number of rotatable bonds is 1. The summed E-state index contributed by atoms with van der Waals surface area (Å²) in [5.41, 5.74) is 7.95. The molecule has 2 heterocycles. The van der Waals surface area contributed by atoms with Gasteiger partial charge in [0.15, 0.2) is 0 Å². The minimum atomic E-state index is 0. The molecule has 0 unspecified atom stereocenters. The van der Waals surface area contributed by atoms with Gasteiger partial charge in [0.1, 0.15) is 5.69 Å². The summed E-state index contributed by atoms with van der Waals surface area (Å²) < 4.78 is 0. The summed E-state index contributed by atoms with van der Waals surface area (Å²) in [6, 6.07) is 9.29. The number of hydrogen-bond donors (Lipinski definition) is 1. The molecule has 74 valence electrons. The van der Waals surface area contributed by atoms with Crippen LogP contribution in [0.25, 0.3) is 11.4 Å². The Balaban J connectivity index is 0.000000980. The fourth-order valence-electron chi connectivity index (χ4n) is 1.13. The molecule has 4 heteroatoms. The van der Waals surface area contributed by atoms with E-state index in [1.165, 1.54) is 0 Å². The van der Waals surface area contributed by atoms with Crippen LogP contribution in [0.15, 0.2) is 42.7 Å². The monoisotopic (exact) mass is 366 g/mol. The van der Waals surface area contributed by atoms with E-state index in [1.54, 1.807) is 12.4 Å². The molecule has 0 bridgehead atoms. The van der Waals surface area contributed by atoms with Gasteiger partial charge >= 0.3 is 0 Å². The van der Waals surface area contributed by atoms with Crippen LogP contribution >= 0.6 is 0 Å². The number of aromatic nitrogens is 2. The van der Waals surface area contributed by atoms with Gasteiger partial charge in [-0.2, -0.15) is 0 Å². The molecule has 0 aliphatic heterocycles. The van der Waals surface area contributed by atoms with Crippen molar-refractivity contribution in [3.63, 3.8) is 0 Å². The molecular weight excluding hydrogens is 357 g/mol. The predicted octanol–water partition coefficient (Wildman–Crippen LogP) is 1.72. The van der Waals surface area contributed by atoms with Crippen molar-refractivity contribution in [1.82, 2.24) is 9.97 Å². The van der Waals surface area contributed by atoms with E-state index in [9.17, 15) is 0 Å². The van der Waals surface area contributed by atoms with Crippen LogP contribution in [0.3, 0.4) is 0 Å². The normalized spacial score (nSPS) is 9.14. The number of nitrogens with two attached hydrogens (primary N) is 1. The van der Waals surface area contributed by atoms with Crippen LogP contribution in [0.2, 0.25) is 0 Å². The molecule has 0 aliphatic carbocycles.